The molecule has 0 amide bonds. The van der Waals surface area contributed by atoms with Gasteiger partial charge < -0.3 is 14.8 Å². The maximum atomic E-state index is 12.8. The van der Waals surface area contributed by atoms with Crippen molar-refractivity contribution >= 4 is 10.0 Å². The second-order valence-corrected chi connectivity index (χ2v) is 7.98. The van der Waals surface area contributed by atoms with Crippen molar-refractivity contribution < 1.29 is 8.42 Å². The SMILES string of the molecule is CNCc1cc(S(=O)(=O)N2CCN(C)CC2)cn1C1CC1. The number of aromatic nitrogens is 1. The van der Waals surface area contributed by atoms with Crippen molar-refractivity contribution in [2.45, 2.75) is 30.3 Å². The zero-order valence-electron chi connectivity index (χ0n) is 12.7. The fourth-order valence-electron chi connectivity index (χ4n) is 2.83. The molecule has 1 saturated heterocycles. The Morgan fingerprint density at radius 1 is 1.24 bits per heavy atom. The Balaban J connectivity index is 1.86. The van der Waals surface area contributed by atoms with Gasteiger partial charge in [0.25, 0.3) is 0 Å². The molecule has 2 fully saturated rings. The van der Waals surface area contributed by atoms with E-state index in [1.54, 1.807) is 4.31 Å². The molecule has 0 atom stereocenters. The summed E-state index contributed by atoms with van der Waals surface area (Å²) in [5, 5.41) is 3.12. The molecule has 21 heavy (non-hydrogen) atoms. The van der Waals surface area contributed by atoms with Crippen LogP contribution in [0.3, 0.4) is 0 Å². The van der Waals surface area contributed by atoms with Crippen molar-refractivity contribution in [3.05, 3.63) is 18.0 Å². The van der Waals surface area contributed by atoms with Crippen LogP contribution in [0, 0.1) is 0 Å². The lowest BCUT2D eigenvalue weighted by molar-refractivity contribution is 0.222. The summed E-state index contributed by atoms with van der Waals surface area (Å²) in [6, 6.07) is 2.33. The van der Waals surface area contributed by atoms with Gasteiger partial charge in [-0.1, -0.05) is 0 Å². The first kappa shape index (κ1) is 15.0. The summed E-state index contributed by atoms with van der Waals surface area (Å²) < 4.78 is 29.3. The van der Waals surface area contributed by atoms with Crippen molar-refractivity contribution in [3.63, 3.8) is 0 Å². The molecule has 1 aliphatic heterocycles. The van der Waals surface area contributed by atoms with Gasteiger partial charge in [-0.2, -0.15) is 4.31 Å². The maximum absolute atomic E-state index is 12.8. The summed E-state index contributed by atoms with van der Waals surface area (Å²) in [6.45, 7) is 3.45. The topological polar surface area (TPSA) is 57.6 Å². The molecular formula is C14H24N4O2S. The van der Waals surface area contributed by atoms with Crippen LogP contribution < -0.4 is 5.32 Å². The second-order valence-electron chi connectivity index (χ2n) is 6.04. The molecule has 1 aromatic heterocycles. The number of likely N-dealkylation sites (N-methyl/N-ethyl adjacent to an activating group) is 1. The van der Waals surface area contributed by atoms with Gasteiger partial charge in [-0.15, -0.1) is 0 Å². The molecule has 0 unspecified atom stereocenters. The third-order valence-corrected chi connectivity index (χ3v) is 6.17. The lowest BCUT2D eigenvalue weighted by Crippen LogP contribution is -2.46. The molecule has 0 spiro atoms. The summed E-state index contributed by atoms with van der Waals surface area (Å²) in [7, 11) is 0.561. The molecule has 118 valence electrons. The molecule has 0 radical (unpaired) electrons. The van der Waals surface area contributed by atoms with Crippen LogP contribution in [-0.2, 0) is 16.6 Å². The zero-order chi connectivity index (χ0) is 15.0. The van der Waals surface area contributed by atoms with E-state index in [4.69, 9.17) is 0 Å². The van der Waals surface area contributed by atoms with Crippen LogP contribution in [0.5, 0.6) is 0 Å². The normalized spacial score (nSPS) is 21.8. The lowest BCUT2D eigenvalue weighted by atomic mass is 10.4. The van der Waals surface area contributed by atoms with Gasteiger partial charge in [-0.3, -0.25) is 0 Å². The third kappa shape index (κ3) is 3.01. The van der Waals surface area contributed by atoms with Gasteiger partial charge >= 0.3 is 0 Å². The van der Waals surface area contributed by atoms with Gasteiger partial charge in [-0.25, -0.2) is 8.42 Å². The van der Waals surface area contributed by atoms with E-state index in [9.17, 15) is 8.42 Å². The van der Waals surface area contributed by atoms with Crippen LogP contribution in [-0.4, -0.2) is 62.5 Å². The Hall–Kier alpha value is -0.890. The molecule has 0 bridgehead atoms. The van der Waals surface area contributed by atoms with Crippen LogP contribution in [0.25, 0.3) is 0 Å². The Morgan fingerprint density at radius 2 is 1.90 bits per heavy atom. The largest absolute Gasteiger partial charge is 0.346 e. The van der Waals surface area contributed by atoms with Crippen molar-refractivity contribution in [1.29, 1.82) is 0 Å². The molecule has 0 aromatic carbocycles. The van der Waals surface area contributed by atoms with Crippen molar-refractivity contribution in [1.82, 2.24) is 19.1 Å². The summed E-state index contributed by atoms with van der Waals surface area (Å²) in [5.41, 5.74) is 1.06. The van der Waals surface area contributed by atoms with E-state index in [1.165, 1.54) is 0 Å². The highest BCUT2D eigenvalue weighted by Gasteiger charge is 2.32. The summed E-state index contributed by atoms with van der Waals surface area (Å²) in [5.74, 6) is 0. The molecule has 1 aliphatic carbocycles. The number of piperazine rings is 1. The number of rotatable bonds is 5. The average Bonchev–Trinajstić information content (AvgIpc) is 3.21. The van der Waals surface area contributed by atoms with Crippen LogP contribution in [0.2, 0.25) is 0 Å². The van der Waals surface area contributed by atoms with Gasteiger partial charge in [0.05, 0.1) is 0 Å². The van der Waals surface area contributed by atoms with E-state index in [2.05, 4.69) is 14.8 Å². The average molecular weight is 312 g/mol. The minimum atomic E-state index is -3.35. The number of hydrogen-bond donors (Lipinski definition) is 1. The van der Waals surface area contributed by atoms with Crippen molar-refractivity contribution in [3.8, 4) is 0 Å². The minimum absolute atomic E-state index is 0.448. The number of sulfonamides is 1. The summed E-state index contributed by atoms with van der Waals surface area (Å²) >= 11 is 0. The molecule has 3 rings (SSSR count). The predicted molar refractivity (Wildman–Crippen MR) is 81.7 cm³/mol. The third-order valence-electron chi connectivity index (χ3n) is 4.31. The van der Waals surface area contributed by atoms with Gasteiger partial charge in [0.1, 0.15) is 4.90 Å². The fourth-order valence-corrected chi connectivity index (χ4v) is 4.30. The van der Waals surface area contributed by atoms with E-state index in [-0.39, 0.29) is 0 Å². The second kappa shape index (κ2) is 5.72. The summed E-state index contributed by atoms with van der Waals surface area (Å²) in [6.07, 6.45) is 4.14. The van der Waals surface area contributed by atoms with E-state index in [1.807, 2.05) is 26.4 Å². The van der Waals surface area contributed by atoms with Crippen LogP contribution >= 0.6 is 0 Å². The highest BCUT2D eigenvalue weighted by Crippen LogP contribution is 2.37. The molecule has 7 heteroatoms. The molecule has 1 saturated carbocycles. The number of nitrogens with one attached hydrogen (secondary N) is 1. The Bertz CT molecular complexity index is 598. The first-order chi connectivity index (χ1) is 10.0. The molecule has 2 aliphatic rings. The summed E-state index contributed by atoms with van der Waals surface area (Å²) in [4.78, 5) is 2.61. The lowest BCUT2D eigenvalue weighted by Gasteiger charge is -2.31. The van der Waals surface area contributed by atoms with E-state index < -0.39 is 10.0 Å². The van der Waals surface area contributed by atoms with Crippen LogP contribution in [0.1, 0.15) is 24.6 Å². The first-order valence-electron chi connectivity index (χ1n) is 7.56. The van der Waals surface area contributed by atoms with Crippen molar-refractivity contribution in [2.75, 3.05) is 40.3 Å². The maximum Gasteiger partial charge on any atom is 0.244 e. The van der Waals surface area contributed by atoms with Crippen LogP contribution in [0.15, 0.2) is 17.2 Å². The Kier molecular flexibility index (Phi) is 4.09. The van der Waals surface area contributed by atoms with Gasteiger partial charge in [0.2, 0.25) is 10.0 Å². The monoisotopic (exact) mass is 312 g/mol. The van der Waals surface area contributed by atoms with E-state index >= 15 is 0 Å². The number of nitrogens with zero attached hydrogens (tertiary/aromatic N) is 3. The first-order valence-corrected chi connectivity index (χ1v) is 9.00. The van der Waals surface area contributed by atoms with Crippen LogP contribution in [0.4, 0.5) is 0 Å². The van der Waals surface area contributed by atoms with Crippen molar-refractivity contribution in [2.24, 2.45) is 0 Å². The number of hydrogen-bond acceptors (Lipinski definition) is 4. The predicted octanol–water partition coefficient (Wildman–Crippen LogP) is 0.479. The Labute approximate surface area is 126 Å². The molecular weight excluding hydrogens is 288 g/mol. The zero-order valence-corrected chi connectivity index (χ0v) is 13.6. The highest BCUT2D eigenvalue weighted by molar-refractivity contribution is 7.89. The van der Waals surface area contributed by atoms with E-state index in [0.717, 1.165) is 31.6 Å². The standard InChI is InChI=1S/C14H24N4O2S/c1-15-10-13-9-14(11-18(13)12-3-4-12)21(19,20)17-7-5-16(2)6-8-17/h9,11-12,15H,3-8,10H2,1-2H3. The van der Waals surface area contributed by atoms with E-state index in [0.29, 0.717) is 30.6 Å². The molecule has 1 aromatic rings. The van der Waals surface area contributed by atoms with Gasteiger partial charge in [0, 0.05) is 50.7 Å². The van der Waals surface area contributed by atoms with Gasteiger partial charge in [-0.05, 0) is 33.0 Å². The molecule has 6 nitrogen and oxygen atoms in total. The quantitative estimate of drug-likeness (QED) is 0.859. The minimum Gasteiger partial charge on any atom is -0.346 e. The highest BCUT2D eigenvalue weighted by atomic mass is 32.2. The smallest absolute Gasteiger partial charge is 0.244 e. The molecule has 2 heterocycles. The molecule has 1 N–H and O–H groups in total. The van der Waals surface area contributed by atoms with Gasteiger partial charge in [0.15, 0.2) is 0 Å². The Morgan fingerprint density at radius 3 is 2.48 bits per heavy atom. The fraction of sp³-hybridized carbons (Fsp3) is 0.714.